The van der Waals surface area contributed by atoms with Gasteiger partial charge in [0.1, 0.15) is 17.7 Å². The zero-order valence-corrected chi connectivity index (χ0v) is 16.3. The van der Waals surface area contributed by atoms with Crippen LogP contribution in [-0.2, 0) is 6.42 Å². The minimum absolute atomic E-state index is 0.322. The summed E-state index contributed by atoms with van der Waals surface area (Å²) in [6.07, 6.45) is 5.29. The summed E-state index contributed by atoms with van der Waals surface area (Å²) in [4.78, 5) is 20.1. The number of nitrogens with zero attached hydrogens (tertiary/aromatic N) is 5. The molecule has 0 radical (unpaired) electrons. The van der Waals surface area contributed by atoms with Gasteiger partial charge in [-0.1, -0.05) is 12.1 Å². The number of pyridine rings is 1. The van der Waals surface area contributed by atoms with E-state index in [4.69, 9.17) is 0 Å². The van der Waals surface area contributed by atoms with Crippen LogP contribution in [0.2, 0.25) is 0 Å². The fourth-order valence-corrected chi connectivity index (χ4v) is 3.77. The molecule has 3 aromatic heterocycles. The lowest BCUT2D eigenvalue weighted by atomic mass is 9.92. The van der Waals surface area contributed by atoms with Crippen LogP contribution in [-0.4, -0.2) is 31.5 Å². The number of imidazole rings is 1. The molecule has 0 unspecified atom stereocenters. The van der Waals surface area contributed by atoms with E-state index < -0.39 is 0 Å². The third kappa shape index (κ3) is 3.42. The third-order valence-corrected chi connectivity index (χ3v) is 5.12. The molecule has 31 heavy (non-hydrogen) atoms. The number of nitriles is 1. The van der Waals surface area contributed by atoms with Crippen LogP contribution in [0.25, 0.3) is 33.2 Å². The Labute approximate surface area is 176 Å². The fraction of sp³-hybridized carbons (Fsp3) is 0.0870. The molecule has 5 aromatic rings. The lowest BCUT2D eigenvalue weighted by Gasteiger charge is -2.15. The fourth-order valence-electron chi connectivity index (χ4n) is 3.77. The maximum Gasteiger partial charge on any atom is 0.182 e. The number of rotatable bonds is 5. The smallest absolute Gasteiger partial charge is 0.182 e. The largest absolute Gasteiger partial charge is 0.368 e. The summed E-state index contributed by atoms with van der Waals surface area (Å²) in [5.74, 6) is 0.326. The number of hydrogen-bond acceptors (Lipinski definition) is 6. The van der Waals surface area contributed by atoms with E-state index in [0.717, 1.165) is 27.6 Å². The number of halogens is 1. The molecule has 0 aliphatic heterocycles. The van der Waals surface area contributed by atoms with Gasteiger partial charge in [-0.05, 0) is 47.9 Å². The Balaban J connectivity index is 1.56. The van der Waals surface area contributed by atoms with Crippen molar-refractivity contribution in [3.63, 3.8) is 0 Å². The minimum Gasteiger partial charge on any atom is -0.368 e. The molecular weight excluding hydrogens is 393 g/mol. The molecule has 0 saturated heterocycles. The van der Waals surface area contributed by atoms with Crippen LogP contribution in [0.15, 0.2) is 61.3 Å². The average Bonchev–Trinajstić information content (AvgIpc) is 3.28. The van der Waals surface area contributed by atoms with Crippen LogP contribution >= 0.6 is 0 Å². The van der Waals surface area contributed by atoms with E-state index in [1.807, 2.05) is 18.2 Å². The lowest BCUT2D eigenvalue weighted by Crippen LogP contribution is -2.08. The minimum atomic E-state index is -0.322. The second kappa shape index (κ2) is 7.80. The molecule has 0 fully saturated rings. The molecule has 0 bridgehead atoms. The van der Waals surface area contributed by atoms with E-state index >= 15 is 0 Å². The van der Waals surface area contributed by atoms with E-state index in [-0.39, 0.29) is 5.82 Å². The summed E-state index contributed by atoms with van der Waals surface area (Å²) < 4.78 is 14.0. The molecule has 0 aliphatic carbocycles. The molecule has 0 saturated carbocycles. The molecule has 2 N–H and O–H groups in total. The van der Waals surface area contributed by atoms with E-state index in [9.17, 15) is 9.65 Å². The highest BCUT2D eigenvalue weighted by Crippen LogP contribution is 2.34. The second-order valence-corrected chi connectivity index (χ2v) is 6.98. The van der Waals surface area contributed by atoms with Gasteiger partial charge in [0.2, 0.25) is 0 Å². The number of aromatic nitrogens is 5. The maximum absolute atomic E-state index is 14.0. The average molecular weight is 409 g/mol. The first kappa shape index (κ1) is 18.6. The summed E-state index contributed by atoms with van der Waals surface area (Å²) in [7, 11) is 0. The highest BCUT2D eigenvalue weighted by atomic mass is 19.1. The molecule has 0 amide bonds. The van der Waals surface area contributed by atoms with Gasteiger partial charge in [0.15, 0.2) is 11.5 Å². The van der Waals surface area contributed by atoms with Gasteiger partial charge in [-0.2, -0.15) is 5.26 Å². The summed E-state index contributed by atoms with van der Waals surface area (Å²) in [6, 6.07) is 14.2. The van der Waals surface area contributed by atoms with Crippen molar-refractivity contribution in [2.24, 2.45) is 0 Å². The quantitative estimate of drug-likeness (QED) is 0.450. The van der Waals surface area contributed by atoms with Gasteiger partial charge in [-0.15, -0.1) is 0 Å². The zero-order chi connectivity index (χ0) is 21.2. The number of fused-ring (bicyclic) bond motifs is 2. The summed E-state index contributed by atoms with van der Waals surface area (Å²) >= 11 is 0. The van der Waals surface area contributed by atoms with Crippen LogP contribution in [0.5, 0.6) is 0 Å². The van der Waals surface area contributed by atoms with Crippen molar-refractivity contribution in [1.29, 1.82) is 5.26 Å². The van der Waals surface area contributed by atoms with Gasteiger partial charge in [0.05, 0.1) is 23.5 Å². The van der Waals surface area contributed by atoms with Crippen LogP contribution in [0.1, 0.15) is 11.1 Å². The van der Waals surface area contributed by atoms with E-state index in [1.165, 1.54) is 18.5 Å². The molecule has 7 nitrogen and oxygen atoms in total. The number of benzene rings is 2. The highest BCUT2D eigenvalue weighted by molar-refractivity contribution is 5.98. The normalized spacial score (nSPS) is 11.0. The highest BCUT2D eigenvalue weighted by Gasteiger charge is 2.16. The lowest BCUT2D eigenvalue weighted by molar-refractivity contribution is 0.628. The Morgan fingerprint density at radius 2 is 2.00 bits per heavy atom. The summed E-state index contributed by atoms with van der Waals surface area (Å²) in [6.45, 7) is 0.538. The Morgan fingerprint density at radius 3 is 2.87 bits per heavy atom. The van der Waals surface area contributed by atoms with Gasteiger partial charge in [0, 0.05) is 23.7 Å². The molecular formula is C23H16FN7. The molecule has 0 aliphatic rings. The zero-order valence-electron chi connectivity index (χ0n) is 16.3. The maximum atomic E-state index is 14.0. The number of nitrogens with one attached hydrogen (secondary N) is 2. The first-order valence-electron chi connectivity index (χ1n) is 9.69. The molecule has 3 heterocycles. The SMILES string of the molecule is N#Cc1cc(CCNc2ncnc3nc[nH]c23)c(-c2cccc(F)c2)c2ncccc12. The Bertz CT molecular complexity index is 1450. The standard InChI is InChI=1S/C23H16FN7/c24-17-4-1-3-14(10-17)19-15(9-16(11-25)18-5-2-7-26-20(18)19)6-8-27-22-21-23(29-12-28-21)31-13-30-22/h1-5,7,9-10,12-13H,6,8H2,(H2,27,28,29,30,31). The van der Waals surface area contributed by atoms with Crippen molar-refractivity contribution in [2.45, 2.75) is 6.42 Å². The Hall–Kier alpha value is -4.38. The van der Waals surface area contributed by atoms with Crippen molar-refractivity contribution in [1.82, 2.24) is 24.9 Å². The predicted octanol–water partition coefficient (Wildman–Crippen LogP) is 4.23. The molecule has 150 valence electrons. The molecule has 2 aromatic carbocycles. The first-order valence-corrected chi connectivity index (χ1v) is 9.69. The Morgan fingerprint density at radius 1 is 1.06 bits per heavy atom. The van der Waals surface area contributed by atoms with Crippen molar-refractivity contribution >= 4 is 27.9 Å². The molecule has 8 heteroatoms. The van der Waals surface area contributed by atoms with Gasteiger partial charge < -0.3 is 10.3 Å². The predicted molar refractivity (Wildman–Crippen MR) is 116 cm³/mol. The molecule has 0 atom stereocenters. The monoisotopic (exact) mass is 409 g/mol. The van der Waals surface area contributed by atoms with Crippen molar-refractivity contribution < 1.29 is 4.39 Å². The topological polar surface area (TPSA) is 103 Å². The van der Waals surface area contributed by atoms with E-state index in [1.54, 1.807) is 24.7 Å². The number of aromatic amines is 1. The van der Waals surface area contributed by atoms with Crippen molar-refractivity contribution in [3.05, 3.63) is 78.3 Å². The van der Waals surface area contributed by atoms with Gasteiger partial charge >= 0.3 is 0 Å². The van der Waals surface area contributed by atoms with E-state index in [2.05, 4.69) is 36.3 Å². The third-order valence-electron chi connectivity index (χ3n) is 5.12. The number of anilines is 1. The summed E-state index contributed by atoms with van der Waals surface area (Å²) in [5.41, 5.74) is 4.98. The van der Waals surface area contributed by atoms with Crippen molar-refractivity contribution in [2.75, 3.05) is 11.9 Å². The number of H-pyrrole nitrogens is 1. The van der Waals surface area contributed by atoms with Crippen molar-refractivity contribution in [3.8, 4) is 17.2 Å². The van der Waals surface area contributed by atoms with Crippen LogP contribution in [0, 0.1) is 17.1 Å². The molecule has 0 spiro atoms. The van der Waals surface area contributed by atoms with E-state index in [0.29, 0.717) is 35.5 Å². The first-order chi connectivity index (χ1) is 15.2. The van der Waals surface area contributed by atoms with Gasteiger partial charge in [-0.25, -0.2) is 19.3 Å². The van der Waals surface area contributed by atoms with Crippen LogP contribution in [0.3, 0.4) is 0 Å². The summed E-state index contributed by atoms with van der Waals surface area (Å²) in [5, 5.41) is 13.7. The van der Waals surface area contributed by atoms with Crippen LogP contribution in [0.4, 0.5) is 10.2 Å². The Kier molecular flexibility index (Phi) is 4.69. The van der Waals surface area contributed by atoms with Gasteiger partial charge in [-0.3, -0.25) is 4.98 Å². The van der Waals surface area contributed by atoms with Crippen LogP contribution < -0.4 is 5.32 Å². The second-order valence-electron chi connectivity index (χ2n) is 6.98. The van der Waals surface area contributed by atoms with Gasteiger partial charge in [0.25, 0.3) is 0 Å². The number of hydrogen-bond donors (Lipinski definition) is 2. The molecule has 5 rings (SSSR count).